The number of carbonyl (C=O) groups is 1. The Bertz CT molecular complexity index is 703. The topological polar surface area (TPSA) is 82.3 Å². The number of hydrogen-bond donors (Lipinski definition) is 0. The molecule has 0 saturated heterocycles. The van der Waals surface area contributed by atoms with E-state index in [1.54, 1.807) is 31.2 Å². The maximum atomic E-state index is 11.0. The van der Waals surface area contributed by atoms with Crippen LogP contribution in [0.5, 0.6) is 5.75 Å². The molecule has 0 unspecified atom stereocenters. The summed E-state index contributed by atoms with van der Waals surface area (Å²) >= 11 is 3.20. The molecule has 0 bridgehead atoms. The first-order valence-corrected chi connectivity index (χ1v) is 6.79. The fraction of sp³-hybridized carbons (Fsp3) is 0.143. The number of hydrogen-bond acceptors (Lipinski definition) is 5. The average Bonchev–Trinajstić information content (AvgIpc) is 2.46. The van der Waals surface area contributed by atoms with Crippen molar-refractivity contribution in [2.45, 2.75) is 13.5 Å². The summed E-state index contributed by atoms with van der Waals surface area (Å²) in [4.78, 5) is 25.4. The third-order valence-corrected chi connectivity index (χ3v) is 3.69. The molecule has 108 valence electrons. The van der Waals surface area contributed by atoms with E-state index in [9.17, 15) is 14.9 Å². The van der Waals surface area contributed by atoms with E-state index in [1.807, 2.05) is 0 Å². The number of nitrogens with zero attached hydrogens (tertiary/aromatic N) is 2. The zero-order valence-electron chi connectivity index (χ0n) is 11.1. The Morgan fingerprint density at radius 1 is 1.38 bits per heavy atom. The molecular weight excluding hydrogens is 340 g/mol. The molecule has 2 rings (SSSR count). The van der Waals surface area contributed by atoms with Crippen molar-refractivity contribution in [2.75, 3.05) is 0 Å². The Hall–Kier alpha value is -2.28. The number of nitro groups is 1. The summed E-state index contributed by atoms with van der Waals surface area (Å²) in [5, 5.41) is 10.9. The normalized spacial score (nSPS) is 10.2. The van der Waals surface area contributed by atoms with Gasteiger partial charge in [0.25, 0.3) is 5.69 Å². The number of aryl methyl sites for hydroxylation is 1. The predicted molar refractivity (Wildman–Crippen MR) is 79.5 cm³/mol. The molecule has 6 nitrogen and oxygen atoms in total. The van der Waals surface area contributed by atoms with Crippen LogP contribution in [0.25, 0.3) is 0 Å². The fourth-order valence-corrected chi connectivity index (χ4v) is 2.27. The predicted octanol–water partition coefficient (Wildman–Crippen LogP) is 3.45. The van der Waals surface area contributed by atoms with Crippen LogP contribution in [-0.2, 0) is 6.61 Å². The number of rotatable bonds is 5. The molecule has 0 spiro atoms. The van der Waals surface area contributed by atoms with E-state index in [2.05, 4.69) is 20.9 Å². The second kappa shape index (κ2) is 6.45. The molecular formula is C14H11BrN2O4. The molecule has 0 radical (unpaired) electrons. The van der Waals surface area contributed by atoms with Gasteiger partial charge in [0.05, 0.1) is 4.92 Å². The van der Waals surface area contributed by atoms with Crippen LogP contribution in [0, 0.1) is 17.0 Å². The van der Waals surface area contributed by atoms with Crippen LogP contribution in [0.2, 0.25) is 0 Å². The lowest BCUT2D eigenvalue weighted by molar-refractivity contribution is -0.385. The first-order chi connectivity index (χ1) is 10.0. The maximum absolute atomic E-state index is 11.0. The Kier molecular flexibility index (Phi) is 4.64. The van der Waals surface area contributed by atoms with Crippen LogP contribution in [-0.4, -0.2) is 16.2 Å². The highest BCUT2D eigenvalue weighted by Crippen LogP contribution is 2.29. The molecule has 0 fully saturated rings. The second-order valence-electron chi connectivity index (χ2n) is 4.25. The average molecular weight is 351 g/mol. The minimum atomic E-state index is -0.474. The van der Waals surface area contributed by atoms with E-state index in [-0.39, 0.29) is 18.0 Å². The largest absolute Gasteiger partial charge is 0.486 e. The van der Waals surface area contributed by atoms with Gasteiger partial charge in [-0.1, -0.05) is 12.1 Å². The lowest BCUT2D eigenvalue weighted by atomic mass is 10.2. The summed E-state index contributed by atoms with van der Waals surface area (Å²) in [5.74, 6) is 0.342. The number of benzene rings is 1. The summed E-state index contributed by atoms with van der Waals surface area (Å²) in [6.07, 6.45) is 0.616. The number of pyridine rings is 1. The molecule has 0 amide bonds. The summed E-state index contributed by atoms with van der Waals surface area (Å²) in [6.45, 7) is 1.86. The highest BCUT2D eigenvalue weighted by Gasteiger charge is 2.15. The lowest BCUT2D eigenvalue weighted by Gasteiger charge is -2.09. The van der Waals surface area contributed by atoms with Gasteiger partial charge in [-0.2, -0.15) is 0 Å². The standard InChI is InChI=1S/C14H11BrN2O4/c1-9-5-6-13(11(7-18)16-9)21-8-10-3-2-4-12(14(10)15)17(19)20/h2-7H,8H2,1H3. The number of carbonyl (C=O) groups excluding carboxylic acids is 1. The Morgan fingerprint density at radius 3 is 2.81 bits per heavy atom. The molecule has 0 aliphatic heterocycles. The van der Waals surface area contributed by atoms with Gasteiger partial charge >= 0.3 is 0 Å². The molecule has 21 heavy (non-hydrogen) atoms. The molecule has 1 aromatic carbocycles. The van der Waals surface area contributed by atoms with Crippen molar-refractivity contribution in [1.29, 1.82) is 0 Å². The van der Waals surface area contributed by atoms with Gasteiger partial charge in [0, 0.05) is 17.3 Å². The van der Waals surface area contributed by atoms with Crippen molar-refractivity contribution in [3.05, 3.63) is 61.9 Å². The first kappa shape index (κ1) is 15.1. The second-order valence-corrected chi connectivity index (χ2v) is 5.04. The van der Waals surface area contributed by atoms with Gasteiger partial charge in [-0.3, -0.25) is 14.9 Å². The molecule has 0 N–H and O–H groups in total. The quantitative estimate of drug-likeness (QED) is 0.468. The highest BCUT2D eigenvalue weighted by atomic mass is 79.9. The highest BCUT2D eigenvalue weighted by molar-refractivity contribution is 9.10. The first-order valence-electron chi connectivity index (χ1n) is 6.00. The number of halogens is 1. The Balaban J connectivity index is 2.23. The smallest absolute Gasteiger partial charge is 0.283 e. The zero-order chi connectivity index (χ0) is 15.4. The van der Waals surface area contributed by atoms with Crippen molar-refractivity contribution in [2.24, 2.45) is 0 Å². The van der Waals surface area contributed by atoms with Crippen LogP contribution in [0.15, 0.2) is 34.8 Å². The minimum Gasteiger partial charge on any atom is -0.486 e. The van der Waals surface area contributed by atoms with E-state index >= 15 is 0 Å². The molecule has 2 aromatic rings. The summed E-state index contributed by atoms with van der Waals surface area (Å²) in [6, 6.07) is 8.06. The van der Waals surface area contributed by atoms with Crippen LogP contribution >= 0.6 is 15.9 Å². The number of aldehydes is 1. The van der Waals surface area contributed by atoms with Crippen molar-refractivity contribution in [3.8, 4) is 5.75 Å². The summed E-state index contributed by atoms with van der Waals surface area (Å²) in [5.41, 5.74) is 1.49. The molecule has 0 aliphatic carbocycles. The number of nitro benzene ring substituents is 1. The third-order valence-electron chi connectivity index (χ3n) is 2.77. The van der Waals surface area contributed by atoms with Gasteiger partial charge in [0.15, 0.2) is 6.29 Å². The number of aromatic nitrogens is 1. The van der Waals surface area contributed by atoms with Gasteiger partial charge in [-0.25, -0.2) is 4.98 Å². The summed E-state index contributed by atoms with van der Waals surface area (Å²) in [7, 11) is 0. The van der Waals surface area contributed by atoms with Gasteiger partial charge in [-0.15, -0.1) is 0 Å². The van der Waals surface area contributed by atoms with Crippen molar-refractivity contribution in [3.63, 3.8) is 0 Å². The lowest BCUT2D eigenvalue weighted by Crippen LogP contribution is -2.02. The summed E-state index contributed by atoms with van der Waals surface area (Å²) < 4.78 is 5.90. The monoisotopic (exact) mass is 350 g/mol. The van der Waals surface area contributed by atoms with Gasteiger partial charge < -0.3 is 4.74 Å². The van der Waals surface area contributed by atoms with Gasteiger partial charge in [-0.05, 0) is 35.0 Å². The SMILES string of the molecule is Cc1ccc(OCc2cccc([N+](=O)[O-])c2Br)c(C=O)n1. The van der Waals surface area contributed by atoms with Gasteiger partial charge in [0.2, 0.25) is 0 Å². The van der Waals surface area contributed by atoms with Crippen LogP contribution in [0.4, 0.5) is 5.69 Å². The molecule has 7 heteroatoms. The molecule has 1 aromatic heterocycles. The molecule has 0 atom stereocenters. The van der Waals surface area contributed by atoms with E-state index in [4.69, 9.17) is 4.74 Å². The van der Waals surface area contributed by atoms with E-state index in [0.29, 0.717) is 27.8 Å². The van der Waals surface area contributed by atoms with Gasteiger partial charge in [0.1, 0.15) is 22.5 Å². The van der Waals surface area contributed by atoms with Crippen molar-refractivity contribution < 1.29 is 14.5 Å². The van der Waals surface area contributed by atoms with E-state index < -0.39 is 4.92 Å². The van der Waals surface area contributed by atoms with Crippen molar-refractivity contribution in [1.82, 2.24) is 4.98 Å². The Labute approximate surface area is 129 Å². The van der Waals surface area contributed by atoms with Crippen LogP contribution in [0.1, 0.15) is 21.7 Å². The molecule has 1 heterocycles. The van der Waals surface area contributed by atoms with Crippen molar-refractivity contribution >= 4 is 27.9 Å². The van der Waals surface area contributed by atoms with E-state index in [1.165, 1.54) is 6.07 Å². The fourth-order valence-electron chi connectivity index (χ4n) is 1.74. The van der Waals surface area contributed by atoms with E-state index in [0.717, 1.165) is 0 Å². The number of ether oxygens (including phenoxy) is 1. The molecule has 0 saturated carbocycles. The van der Waals surface area contributed by atoms with Crippen LogP contribution < -0.4 is 4.74 Å². The molecule has 0 aliphatic rings. The Morgan fingerprint density at radius 2 is 2.14 bits per heavy atom. The van der Waals surface area contributed by atoms with Crippen LogP contribution in [0.3, 0.4) is 0 Å². The zero-order valence-corrected chi connectivity index (χ0v) is 12.7. The maximum Gasteiger partial charge on any atom is 0.283 e. The minimum absolute atomic E-state index is 0.0336. The third kappa shape index (κ3) is 3.43.